The largest absolute Gasteiger partial charge is 0.350 e. The van der Waals surface area contributed by atoms with E-state index in [1.54, 1.807) is 22.0 Å². The minimum Gasteiger partial charge on any atom is -0.350 e. The van der Waals surface area contributed by atoms with Crippen molar-refractivity contribution in [3.8, 4) is 5.82 Å². The summed E-state index contributed by atoms with van der Waals surface area (Å²) in [6, 6.07) is 13.1. The summed E-state index contributed by atoms with van der Waals surface area (Å²) in [4.78, 5) is 32.1. The van der Waals surface area contributed by atoms with Crippen molar-refractivity contribution in [1.29, 1.82) is 0 Å². The van der Waals surface area contributed by atoms with Crippen molar-refractivity contribution in [3.05, 3.63) is 77.7 Å². The van der Waals surface area contributed by atoms with Gasteiger partial charge in [-0.2, -0.15) is 5.10 Å². The molecule has 3 heterocycles. The lowest BCUT2D eigenvalue weighted by Crippen LogP contribution is -2.52. The maximum Gasteiger partial charge on any atom is 0.243 e. The van der Waals surface area contributed by atoms with Gasteiger partial charge in [-0.25, -0.2) is 9.67 Å². The molecule has 0 bridgehead atoms. The fourth-order valence-corrected chi connectivity index (χ4v) is 3.89. The Kier molecular flexibility index (Phi) is 6.11. The number of aromatic nitrogens is 3. The molecule has 0 saturated carbocycles. The van der Waals surface area contributed by atoms with Gasteiger partial charge < -0.3 is 10.2 Å². The molecule has 31 heavy (non-hydrogen) atoms. The maximum absolute atomic E-state index is 13.2. The highest BCUT2D eigenvalue weighted by atomic mass is 16.2. The zero-order valence-corrected chi connectivity index (χ0v) is 17.9. The summed E-state index contributed by atoms with van der Waals surface area (Å²) < 4.78 is 1.68. The number of hydrogen-bond acceptors (Lipinski definition) is 4. The fraction of sp³-hybridized carbons (Fsp3) is 0.333. The number of amides is 2. The lowest BCUT2D eigenvalue weighted by atomic mass is 9.92. The van der Waals surface area contributed by atoms with E-state index in [1.165, 1.54) is 0 Å². The predicted molar refractivity (Wildman–Crippen MR) is 117 cm³/mol. The number of nitrogens with one attached hydrogen (secondary N) is 1. The van der Waals surface area contributed by atoms with Gasteiger partial charge in [0.05, 0.1) is 0 Å². The van der Waals surface area contributed by atoms with Crippen LogP contribution in [0.3, 0.4) is 0 Å². The van der Waals surface area contributed by atoms with E-state index in [0.717, 1.165) is 16.7 Å². The average molecular weight is 418 g/mol. The van der Waals surface area contributed by atoms with E-state index in [-0.39, 0.29) is 17.7 Å². The molecule has 0 spiro atoms. The van der Waals surface area contributed by atoms with Crippen LogP contribution < -0.4 is 5.32 Å². The van der Waals surface area contributed by atoms with Crippen molar-refractivity contribution >= 4 is 11.8 Å². The molecule has 1 atom stereocenters. The summed E-state index contributed by atoms with van der Waals surface area (Å²) in [7, 11) is 0. The van der Waals surface area contributed by atoms with Crippen molar-refractivity contribution < 1.29 is 9.59 Å². The minimum atomic E-state index is -0.506. The van der Waals surface area contributed by atoms with Gasteiger partial charge in [-0.05, 0) is 40.8 Å². The third-order valence-corrected chi connectivity index (χ3v) is 5.47. The van der Waals surface area contributed by atoms with Crippen LogP contribution in [0.2, 0.25) is 0 Å². The van der Waals surface area contributed by atoms with Gasteiger partial charge in [-0.1, -0.05) is 38.1 Å². The van der Waals surface area contributed by atoms with E-state index in [9.17, 15) is 9.59 Å². The molecular formula is C24H27N5O2. The number of hydrogen-bond donors (Lipinski definition) is 1. The molecule has 7 nitrogen and oxygen atoms in total. The van der Waals surface area contributed by atoms with E-state index in [4.69, 9.17) is 0 Å². The van der Waals surface area contributed by atoms with Gasteiger partial charge in [0, 0.05) is 44.5 Å². The first-order chi connectivity index (χ1) is 15.0. The van der Waals surface area contributed by atoms with Crippen LogP contribution >= 0.6 is 0 Å². The van der Waals surface area contributed by atoms with Gasteiger partial charge in [-0.15, -0.1) is 0 Å². The van der Waals surface area contributed by atoms with E-state index in [2.05, 4.69) is 15.4 Å². The number of benzene rings is 1. The SMILES string of the molecule is CC(C)CC(=O)N1Cc2ccccc2CC1C(=O)NCc1ccnc(-n2cccn2)c1. The van der Waals surface area contributed by atoms with Crippen LogP contribution in [0.4, 0.5) is 0 Å². The van der Waals surface area contributed by atoms with Crippen molar-refractivity contribution in [2.75, 3.05) is 0 Å². The third kappa shape index (κ3) is 4.82. The highest BCUT2D eigenvalue weighted by Crippen LogP contribution is 2.25. The number of carbonyl (C=O) groups is 2. The topological polar surface area (TPSA) is 80.1 Å². The second kappa shape index (κ2) is 9.12. The molecule has 1 unspecified atom stereocenters. The molecule has 160 valence electrons. The lowest BCUT2D eigenvalue weighted by molar-refractivity contribution is -0.142. The van der Waals surface area contributed by atoms with Crippen LogP contribution in [0, 0.1) is 5.92 Å². The van der Waals surface area contributed by atoms with Crippen molar-refractivity contribution in [2.45, 2.75) is 45.8 Å². The first kappa shape index (κ1) is 20.8. The molecule has 2 aromatic heterocycles. The molecule has 1 N–H and O–H groups in total. The Hall–Kier alpha value is -3.48. The normalized spacial score (nSPS) is 15.6. The quantitative estimate of drug-likeness (QED) is 0.669. The van der Waals surface area contributed by atoms with Crippen LogP contribution in [0.15, 0.2) is 61.1 Å². The van der Waals surface area contributed by atoms with Crippen molar-refractivity contribution in [2.24, 2.45) is 5.92 Å². The molecule has 3 aromatic rings. The molecule has 7 heteroatoms. The Bertz CT molecular complexity index is 1060. The minimum absolute atomic E-state index is 0.0227. The molecule has 2 amide bonds. The molecule has 1 aromatic carbocycles. The van der Waals surface area contributed by atoms with Gasteiger partial charge in [0.2, 0.25) is 11.8 Å². The Morgan fingerprint density at radius 1 is 1.13 bits per heavy atom. The number of nitrogens with zero attached hydrogens (tertiary/aromatic N) is 4. The lowest BCUT2D eigenvalue weighted by Gasteiger charge is -2.36. The Labute approximate surface area is 182 Å². The van der Waals surface area contributed by atoms with Gasteiger partial charge in [0.25, 0.3) is 0 Å². The average Bonchev–Trinajstić information content (AvgIpc) is 3.31. The summed E-state index contributed by atoms with van der Waals surface area (Å²) in [5.74, 6) is 0.821. The van der Waals surface area contributed by atoms with Gasteiger partial charge in [-0.3, -0.25) is 9.59 Å². The Balaban J connectivity index is 1.49. The van der Waals surface area contributed by atoms with Crippen LogP contribution in [-0.4, -0.2) is 37.5 Å². The first-order valence-electron chi connectivity index (χ1n) is 10.6. The van der Waals surface area contributed by atoms with E-state index < -0.39 is 6.04 Å². The maximum atomic E-state index is 13.2. The fourth-order valence-electron chi connectivity index (χ4n) is 3.89. The Morgan fingerprint density at radius 3 is 2.68 bits per heavy atom. The summed E-state index contributed by atoms with van der Waals surface area (Å²) in [6.07, 6.45) is 6.18. The monoisotopic (exact) mass is 417 g/mol. The molecule has 0 fully saturated rings. The Morgan fingerprint density at radius 2 is 1.94 bits per heavy atom. The standard InChI is InChI=1S/C24H27N5O2/c1-17(2)12-23(30)28-16-20-7-4-3-6-19(20)14-21(28)24(31)26-15-18-8-10-25-22(13-18)29-11-5-9-27-29/h3-11,13,17,21H,12,14-16H2,1-2H3,(H,26,31). The van der Waals surface area contributed by atoms with Gasteiger partial charge in [0.15, 0.2) is 5.82 Å². The molecule has 4 rings (SSSR count). The zero-order chi connectivity index (χ0) is 21.8. The summed E-state index contributed by atoms with van der Waals surface area (Å²) in [5, 5.41) is 7.21. The van der Waals surface area contributed by atoms with E-state index >= 15 is 0 Å². The van der Waals surface area contributed by atoms with Crippen LogP contribution in [0.25, 0.3) is 5.82 Å². The molecule has 0 radical (unpaired) electrons. The molecule has 0 aliphatic carbocycles. The highest BCUT2D eigenvalue weighted by molar-refractivity contribution is 5.88. The summed E-state index contributed by atoms with van der Waals surface area (Å²) >= 11 is 0. The first-order valence-corrected chi connectivity index (χ1v) is 10.6. The molecular weight excluding hydrogens is 390 g/mol. The summed E-state index contributed by atoms with van der Waals surface area (Å²) in [6.45, 7) is 4.87. The highest BCUT2D eigenvalue weighted by Gasteiger charge is 2.34. The second-order valence-electron chi connectivity index (χ2n) is 8.30. The van der Waals surface area contributed by atoms with Crippen molar-refractivity contribution in [1.82, 2.24) is 25.0 Å². The van der Waals surface area contributed by atoms with Gasteiger partial charge >= 0.3 is 0 Å². The van der Waals surface area contributed by atoms with Crippen molar-refractivity contribution in [3.63, 3.8) is 0 Å². The molecule has 1 aliphatic heterocycles. The predicted octanol–water partition coefficient (Wildman–Crippen LogP) is 2.88. The molecule has 0 saturated heterocycles. The van der Waals surface area contributed by atoms with E-state index in [0.29, 0.717) is 31.7 Å². The summed E-state index contributed by atoms with van der Waals surface area (Å²) in [5.41, 5.74) is 3.16. The number of fused-ring (bicyclic) bond motifs is 1. The number of pyridine rings is 1. The molecule has 1 aliphatic rings. The smallest absolute Gasteiger partial charge is 0.243 e. The third-order valence-electron chi connectivity index (χ3n) is 5.47. The number of carbonyl (C=O) groups excluding carboxylic acids is 2. The van der Waals surface area contributed by atoms with Gasteiger partial charge in [0.1, 0.15) is 6.04 Å². The zero-order valence-electron chi connectivity index (χ0n) is 17.9. The van der Waals surface area contributed by atoms with E-state index in [1.807, 2.05) is 62.5 Å². The van der Waals surface area contributed by atoms with Crippen LogP contribution in [-0.2, 0) is 29.1 Å². The number of rotatable bonds is 6. The second-order valence-corrected chi connectivity index (χ2v) is 8.30. The van der Waals surface area contributed by atoms with Crippen LogP contribution in [0.5, 0.6) is 0 Å². The van der Waals surface area contributed by atoms with Crippen LogP contribution in [0.1, 0.15) is 37.0 Å².